The van der Waals surface area contributed by atoms with E-state index in [0.717, 1.165) is 28.1 Å². The van der Waals surface area contributed by atoms with Crippen molar-refractivity contribution in [2.45, 2.75) is 79.5 Å². The molecule has 0 aliphatic rings. The van der Waals surface area contributed by atoms with Crippen molar-refractivity contribution >= 4 is 29.4 Å². The molecule has 0 aliphatic carbocycles. The summed E-state index contributed by atoms with van der Waals surface area (Å²) in [7, 11) is 4.76. The number of methoxy groups -OCH3 is 3. The molecule has 1 aromatic heterocycles. The molecular weight excluding hydrogens is 700 g/mol. The monoisotopic (exact) mass is 754 g/mol. The molecule has 4 rings (SSSR count). The lowest BCUT2D eigenvalue weighted by Crippen LogP contribution is -2.34. The molecule has 294 valence electrons. The highest BCUT2D eigenvalue weighted by Crippen LogP contribution is 2.38. The Hall–Kier alpha value is -5.65. The van der Waals surface area contributed by atoms with E-state index in [4.69, 9.17) is 28.7 Å². The van der Waals surface area contributed by atoms with Crippen LogP contribution in [0.4, 0.5) is 11.5 Å². The van der Waals surface area contributed by atoms with Crippen LogP contribution in [0.15, 0.2) is 73.1 Å². The molecule has 0 saturated carbocycles. The Morgan fingerprint density at radius 3 is 2.18 bits per heavy atom. The number of amides is 1. The number of benzene rings is 3. The van der Waals surface area contributed by atoms with Gasteiger partial charge >= 0.3 is 11.9 Å². The predicted octanol–water partition coefficient (Wildman–Crippen LogP) is 7.62. The number of hydrogen-bond acceptors (Lipinski definition) is 11. The van der Waals surface area contributed by atoms with E-state index in [1.165, 1.54) is 6.33 Å². The number of carbonyl (C=O) groups excluding carboxylic acids is 3. The zero-order valence-corrected chi connectivity index (χ0v) is 33.4. The minimum absolute atomic E-state index is 0.00376. The molecule has 3 aromatic carbocycles. The Labute approximate surface area is 324 Å². The van der Waals surface area contributed by atoms with Crippen LogP contribution in [0, 0.1) is 11.8 Å². The second-order valence-electron chi connectivity index (χ2n) is 14.6. The summed E-state index contributed by atoms with van der Waals surface area (Å²) >= 11 is 0. The number of anilines is 2. The van der Waals surface area contributed by atoms with Crippen molar-refractivity contribution in [3.05, 3.63) is 101 Å². The van der Waals surface area contributed by atoms with Crippen LogP contribution in [0.3, 0.4) is 0 Å². The predicted molar refractivity (Wildman–Crippen MR) is 211 cm³/mol. The van der Waals surface area contributed by atoms with Crippen LogP contribution in [-0.4, -0.2) is 61.4 Å². The normalized spacial score (nSPS) is 11.7. The fourth-order valence-electron chi connectivity index (χ4n) is 6.16. The van der Waals surface area contributed by atoms with Gasteiger partial charge in [-0.05, 0) is 75.4 Å². The first-order valence-corrected chi connectivity index (χ1v) is 18.4. The van der Waals surface area contributed by atoms with E-state index >= 15 is 0 Å². The molecule has 1 heterocycles. The highest BCUT2D eigenvalue weighted by atomic mass is 16.6. The summed E-state index contributed by atoms with van der Waals surface area (Å²) < 4.78 is 27.8. The van der Waals surface area contributed by atoms with Crippen LogP contribution in [0.1, 0.15) is 87.1 Å². The summed E-state index contributed by atoms with van der Waals surface area (Å²) in [6.07, 6.45) is 2.51. The minimum Gasteiger partial charge on any atom is -0.496 e. The van der Waals surface area contributed by atoms with Crippen LogP contribution >= 0.6 is 0 Å². The van der Waals surface area contributed by atoms with Gasteiger partial charge in [0, 0.05) is 42.8 Å². The Bertz CT molecular complexity index is 1900. The molecule has 0 saturated heterocycles. The van der Waals surface area contributed by atoms with Gasteiger partial charge < -0.3 is 33.9 Å². The lowest BCUT2D eigenvalue weighted by molar-refractivity contribution is -0.157. The zero-order valence-electron chi connectivity index (χ0n) is 33.4. The molecule has 1 atom stereocenters. The molecule has 55 heavy (non-hydrogen) atoms. The zero-order chi connectivity index (χ0) is 40.1. The fraction of sp³-hybridized carbons (Fsp3) is 0.419. The number of carbonyl (C=O) groups is 3. The lowest BCUT2D eigenvalue weighted by Gasteiger charge is -2.27. The molecule has 0 radical (unpaired) electrons. The molecule has 1 amide bonds. The average molecular weight is 755 g/mol. The van der Waals surface area contributed by atoms with E-state index < -0.39 is 17.5 Å². The minimum atomic E-state index is -0.637. The number of esters is 2. The third-order valence-electron chi connectivity index (χ3n) is 8.59. The van der Waals surface area contributed by atoms with Gasteiger partial charge in [0.15, 0.2) is 0 Å². The van der Waals surface area contributed by atoms with Gasteiger partial charge in [0.1, 0.15) is 35.0 Å². The molecule has 0 aliphatic heterocycles. The van der Waals surface area contributed by atoms with Gasteiger partial charge in [-0.15, -0.1) is 0 Å². The summed E-state index contributed by atoms with van der Waals surface area (Å²) in [6.45, 7) is 12.1. The first kappa shape index (κ1) is 42.1. The molecule has 12 nitrogen and oxygen atoms in total. The first-order valence-electron chi connectivity index (χ1n) is 18.4. The van der Waals surface area contributed by atoms with Gasteiger partial charge in [-0.1, -0.05) is 38.1 Å². The van der Waals surface area contributed by atoms with Crippen molar-refractivity contribution in [1.82, 2.24) is 15.3 Å². The first-order chi connectivity index (χ1) is 26.2. The third-order valence-corrected chi connectivity index (χ3v) is 8.59. The van der Waals surface area contributed by atoms with Crippen molar-refractivity contribution in [3.8, 4) is 17.2 Å². The van der Waals surface area contributed by atoms with E-state index in [1.807, 2.05) is 88.0 Å². The SMILES string of the molecule is CCOC(=O)c1cccc(Cc2cc(N(Cc3c(OC)cc(OC)cc3OC)c3cccc(CNC(=O)C(CC(=O)OC(C)(C)C)CC(C)C)c3)ncn2)c1. The molecule has 1 unspecified atom stereocenters. The van der Waals surface area contributed by atoms with E-state index in [9.17, 15) is 14.4 Å². The van der Waals surface area contributed by atoms with Gasteiger partial charge in [-0.3, -0.25) is 9.59 Å². The molecule has 0 spiro atoms. The fourth-order valence-corrected chi connectivity index (χ4v) is 6.16. The third kappa shape index (κ3) is 12.4. The smallest absolute Gasteiger partial charge is 0.338 e. The van der Waals surface area contributed by atoms with Crippen LogP contribution in [0.5, 0.6) is 17.2 Å². The number of nitrogens with zero attached hydrogens (tertiary/aromatic N) is 3. The standard InChI is InChI=1S/C43H54N4O8/c1-10-54-42(50)31-15-11-13-29(18-31)19-33-22-39(46-27-45-33)47(26-36-37(52-8)23-35(51-7)24-38(36)53-9)34-16-12-14-30(20-34)25-44-41(49)32(17-28(2)3)21-40(48)55-43(4,5)6/h11-16,18,20,22-24,27-28,32H,10,17,19,21,25-26H2,1-9H3,(H,44,49). The summed E-state index contributed by atoms with van der Waals surface area (Å²) in [5.41, 5.74) is 3.84. The number of nitrogens with one attached hydrogen (secondary N) is 1. The Morgan fingerprint density at radius 2 is 1.55 bits per heavy atom. The summed E-state index contributed by atoms with van der Waals surface area (Å²) in [4.78, 5) is 49.9. The van der Waals surface area contributed by atoms with Gasteiger partial charge in [0.2, 0.25) is 5.91 Å². The summed E-state index contributed by atoms with van der Waals surface area (Å²) in [5.74, 6) is 1.01. The van der Waals surface area contributed by atoms with Crippen molar-refractivity contribution < 1.29 is 38.1 Å². The highest BCUT2D eigenvalue weighted by Gasteiger charge is 2.27. The maximum absolute atomic E-state index is 13.5. The molecular formula is C43H54N4O8. The number of rotatable bonds is 18. The van der Waals surface area contributed by atoms with Gasteiger partial charge in [-0.2, -0.15) is 0 Å². The van der Waals surface area contributed by atoms with Crippen LogP contribution in [-0.2, 0) is 38.6 Å². The van der Waals surface area contributed by atoms with Crippen molar-refractivity contribution in [2.75, 3.05) is 32.8 Å². The quantitative estimate of drug-likeness (QED) is 0.100. The molecule has 12 heteroatoms. The number of aromatic nitrogens is 2. The average Bonchev–Trinajstić information content (AvgIpc) is 3.15. The van der Waals surface area contributed by atoms with Crippen molar-refractivity contribution in [2.24, 2.45) is 11.8 Å². The molecule has 0 fully saturated rings. The second kappa shape index (κ2) is 19.6. The Morgan fingerprint density at radius 1 is 0.855 bits per heavy atom. The lowest BCUT2D eigenvalue weighted by atomic mass is 9.93. The maximum atomic E-state index is 13.5. The van der Waals surface area contributed by atoms with Crippen molar-refractivity contribution in [1.29, 1.82) is 0 Å². The van der Waals surface area contributed by atoms with Gasteiger partial charge in [0.05, 0.1) is 57.7 Å². The van der Waals surface area contributed by atoms with Crippen LogP contribution < -0.4 is 24.4 Å². The van der Waals surface area contributed by atoms with Gasteiger partial charge in [-0.25, -0.2) is 14.8 Å². The van der Waals surface area contributed by atoms with Crippen LogP contribution in [0.2, 0.25) is 0 Å². The van der Waals surface area contributed by atoms with Crippen LogP contribution in [0.25, 0.3) is 0 Å². The highest BCUT2D eigenvalue weighted by molar-refractivity contribution is 5.89. The van der Waals surface area contributed by atoms with E-state index in [0.29, 0.717) is 41.5 Å². The van der Waals surface area contributed by atoms with E-state index in [2.05, 4.69) is 10.3 Å². The summed E-state index contributed by atoms with van der Waals surface area (Å²) in [5, 5.41) is 3.06. The number of hydrogen-bond donors (Lipinski definition) is 1. The largest absolute Gasteiger partial charge is 0.496 e. The number of ether oxygens (including phenoxy) is 5. The molecule has 0 bridgehead atoms. The summed E-state index contributed by atoms with van der Waals surface area (Å²) in [6, 6.07) is 20.6. The van der Waals surface area contributed by atoms with E-state index in [1.54, 1.807) is 46.5 Å². The van der Waals surface area contributed by atoms with Crippen molar-refractivity contribution in [3.63, 3.8) is 0 Å². The molecule has 1 N–H and O–H groups in total. The van der Waals surface area contributed by atoms with E-state index in [-0.39, 0.29) is 43.9 Å². The Kier molecular flexibility index (Phi) is 15.0. The topological polar surface area (TPSA) is 138 Å². The second-order valence-corrected chi connectivity index (χ2v) is 14.6. The van der Waals surface area contributed by atoms with Gasteiger partial charge in [0.25, 0.3) is 0 Å². The maximum Gasteiger partial charge on any atom is 0.338 e. The Balaban J connectivity index is 1.68. The molecule has 4 aromatic rings.